The summed E-state index contributed by atoms with van der Waals surface area (Å²) < 4.78 is 0. The normalized spacial score (nSPS) is 18.0. The molecule has 1 aliphatic heterocycles. The van der Waals surface area contributed by atoms with Gasteiger partial charge in [-0.1, -0.05) is 31.4 Å². The lowest BCUT2D eigenvalue weighted by molar-refractivity contribution is -0.137. The van der Waals surface area contributed by atoms with Gasteiger partial charge in [0.25, 0.3) is 5.91 Å². The van der Waals surface area contributed by atoms with Gasteiger partial charge in [0.05, 0.1) is 10.7 Å². The van der Waals surface area contributed by atoms with Crippen LogP contribution in [0, 0.1) is 5.92 Å². The molecule has 0 atom stereocenters. The number of nitrogens with zero attached hydrogens (tertiary/aromatic N) is 2. The Morgan fingerprint density at radius 3 is 2.45 bits per heavy atom. The van der Waals surface area contributed by atoms with E-state index in [-0.39, 0.29) is 23.5 Å². The number of carbonyl (C=O) groups excluding carboxylic acids is 3. The molecule has 1 aromatic heterocycles. The van der Waals surface area contributed by atoms with Crippen LogP contribution in [-0.2, 0) is 4.79 Å². The van der Waals surface area contributed by atoms with E-state index in [1.165, 1.54) is 37.5 Å². The van der Waals surface area contributed by atoms with Gasteiger partial charge in [0.15, 0.2) is 5.78 Å². The molecular formula is C24H29N3O3S. The van der Waals surface area contributed by atoms with Crippen LogP contribution in [0.4, 0.5) is 5.69 Å². The maximum Gasteiger partial charge on any atom is 0.275 e. The molecule has 4 rings (SSSR count). The van der Waals surface area contributed by atoms with Crippen molar-refractivity contribution in [3.63, 3.8) is 0 Å². The van der Waals surface area contributed by atoms with Crippen LogP contribution in [-0.4, -0.2) is 40.6 Å². The van der Waals surface area contributed by atoms with E-state index in [2.05, 4.69) is 10.3 Å². The van der Waals surface area contributed by atoms with E-state index in [9.17, 15) is 14.4 Å². The first-order valence-electron chi connectivity index (χ1n) is 11.2. The molecule has 31 heavy (non-hydrogen) atoms. The number of thiazole rings is 1. The highest BCUT2D eigenvalue weighted by atomic mass is 32.1. The van der Waals surface area contributed by atoms with E-state index in [4.69, 9.17) is 0 Å². The van der Waals surface area contributed by atoms with Crippen LogP contribution >= 0.6 is 11.3 Å². The molecule has 1 aromatic carbocycles. The van der Waals surface area contributed by atoms with Gasteiger partial charge in [0, 0.05) is 35.9 Å². The number of benzene rings is 1. The van der Waals surface area contributed by atoms with Gasteiger partial charge < -0.3 is 10.2 Å². The van der Waals surface area contributed by atoms with Gasteiger partial charge in [-0.05, 0) is 44.7 Å². The number of rotatable bonds is 5. The Bertz CT molecular complexity index is 956. The van der Waals surface area contributed by atoms with Crippen LogP contribution in [0.1, 0.15) is 83.6 Å². The van der Waals surface area contributed by atoms with Crippen molar-refractivity contribution in [3.8, 4) is 0 Å². The van der Waals surface area contributed by atoms with Gasteiger partial charge in [-0.3, -0.25) is 14.4 Å². The maximum absolute atomic E-state index is 12.8. The Labute approximate surface area is 187 Å². The fraction of sp³-hybridized carbons (Fsp3) is 0.500. The van der Waals surface area contributed by atoms with Gasteiger partial charge in [0.1, 0.15) is 5.69 Å². The Hall–Kier alpha value is -2.54. The minimum Gasteiger partial charge on any atom is -0.342 e. The number of hydrogen-bond acceptors (Lipinski definition) is 5. The number of likely N-dealkylation sites (tertiary alicyclic amines) is 1. The van der Waals surface area contributed by atoms with E-state index in [0.29, 0.717) is 22.9 Å². The van der Waals surface area contributed by atoms with Crippen LogP contribution < -0.4 is 5.32 Å². The van der Waals surface area contributed by atoms with Crippen LogP contribution in [0.15, 0.2) is 29.6 Å². The number of carbonyl (C=O) groups is 3. The van der Waals surface area contributed by atoms with Gasteiger partial charge in [-0.2, -0.15) is 0 Å². The molecule has 2 aromatic rings. The Morgan fingerprint density at radius 2 is 1.74 bits per heavy atom. The van der Waals surface area contributed by atoms with Crippen molar-refractivity contribution in [1.29, 1.82) is 0 Å². The van der Waals surface area contributed by atoms with Crippen molar-refractivity contribution in [3.05, 3.63) is 45.9 Å². The maximum atomic E-state index is 12.8. The third kappa shape index (κ3) is 5.03. The molecule has 0 bridgehead atoms. The summed E-state index contributed by atoms with van der Waals surface area (Å²) in [6, 6.07) is 6.99. The van der Waals surface area contributed by atoms with Crippen LogP contribution in [0.5, 0.6) is 0 Å². The highest BCUT2D eigenvalue weighted by Gasteiger charge is 2.30. The molecule has 2 aliphatic rings. The molecule has 2 amide bonds. The lowest BCUT2D eigenvalue weighted by Gasteiger charge is -2.34. The summed E-state index contributed by atoms with van der Waals surface area (Å²) in [5.74, 6) is 0.441. The van der Waals surface area contributed by atoms with E-state index < -0.39 is 0 Å². The minimum absolute atomic E-state index is 0.0931. The summed E-state index contributed by atoms with van der Waals surface area (Å²) in [6.07, 6.45) is 7.46. The van der Waals surface area contributed by atoms with Crippen LogP contribution in [0.2, 0.25) is 0 Å². The van der Waals surface area contributed by atoms with Crippen molar-refractivity contribution < 1.29 is 14.4 Å². The lowest BCUT2D eigenvalue weighted by Crippen LogP contribution is -2.41. The zero-order valence-corrected chi connectivity index (χ0v) is 18.7. The highest BCUT2D eigenvalue weighted by molar-refractivity contribution is 7.10. The average Bonchev–Trinajstić information content (AvgIpc) is 3.30. The summed E-state index contributed by atoms with van der Waals surface area (Å²) in [7, 11) is 0. The SMILES string of the molecule is CC(=O)c1ccccc1NC(=O)c1csc(C2CCN(C(=O)C3CCCCC3)CC2)n1. The van der Waals surface area contributed by atoms with E-state index in [0.717, 1.165) is 43.8 Å². The summed E-state index contributed by atoms with van der Waals surface area (Å²) in [4.78, 5) is 43.8. The topological polar surface area (TPSA) is 79.4 Å². The molecule has 0 spiro atoms. The summed E-state index contributed by atoms with van der Waals surface area (Å²) >= 11 is 1.50. The third-order valence-corrected chi connectivity index (χ3v) is 7.43. The molecule has 2 heterocycles. The fourth-order valence-electron chi connectivity index (χ4n) is 4.62. The second kappa shape index (κ2) is 9.73. The largest absolute Gasteiger partial charge is 0.342 e. The first-order valence-corrected chi connectivity index (χ1v) is 12.1. The number of ketones is 1. The Balaban J connectivity index is 1.35. The van der Waals surface area contributed by atoms with Gasteiger partial charge >= 0.3 is 0 Å². The number of piperidine rings is 1. The van der Waals surface area contributed by atoms with E-state index in [1.54, 1.807) is 29.6 Å². The standard InChI is InChI=1S/C24H29N3O3S/c1-16(28)19-9-5-6-10-20(19)25-22(29)21-15-31-23(26-21)17-11-13-27(14-12-17)24(30)18-7-3-2-4-8-18/h5-6,9-10,15,17-18H,2-4,7-8,11-14H2,1H3,(H,25,29). The quantitative estimate of drug-likeness (QED) is 0.673. The fourth-order valence-corrected chi connectivity index (χ4v) is 5.59. The van der Waals surface area contributed by atoms with Crippen molar-refractivity contribution in [2.45, 2.75) is 57.8 Å². The summed E-state index contributed by atoms with van der Waals surface area (Å²) in [5.41, 5.74) is 1.37. The summed E-state index contributed by atoms with van der Waals surface area (Å²) in [5, 5.41) is 5.55. The number of anilines is 1. The smallest absolute Gasteiger partial charge is 0.275 e. The molecule has 1 aliphatic carbocycles. The number of para-hydroxylation sites is 1. The van der Waals surface area contributed by atoms with Gasteiger partial charge in [-0.25, -0.2) is 4.98 Å². The number of Topliss-reactive ketones (excluding diaryl/α,β-unsaturated/α-hetero) is 1. The van der Waals surface area contributed by atoms with E-state index >= 15 is 0 Å². The molecule has 1 saturated heterocycles. The number of aromatic nitrogens is 1. The number of amides is 2. The molecule has 0 unspecified atom stereocenters. The molecular weight excluding hydrogens is 410 g/mol. The third-order valence-electron chi connectivity index (χ3n) is 6.42. The zero-order valence-electron chi connectivity index (χ0n) is 17.9. The van der Waals surface area contributed by atoms with Crippen LogP contribution in [0.25, 0.3) is 0 Å². The minimum atomic E-state index is -0.305. The Morgan fingerprint density at radius 1 is 1.03 bits per heavy atom. The van der Waals surface area contributed by atoms with Crippen molar-refractivity contribution in [2.24, 2.45) is 5.92 Å². The molecule has 0 radical (unpaired) electrons. The van der Waals surface area contributed by atoms with Crippen LogP contribution in [0.3, 0.4) is 0 Å². The summed E-state index contributed by atoms with van der Waals surface area (Å²) in [6.45, 7) is 3.03. The molecule has 6 nitrogen and oxygen atoms in total. The average molecular weight is 440 g/mol. The second-order valence-electron chi connectivity index (χ2n) is 8.56. The van der Waals surface area contributed by atoms with E-state index in [1.807, 2.05) is 4.90 Å². The van der Waals surface area contributed by atoms with Crippen molar-refractivity contribution in [1.82, 2.24) is 9.88 Å². The Kier molecular flexibility index (Phi) is 6.80. The zero-order chi connectivity index (χ0) is 21.8. The molecule has 164 valence electrons. The lowest BCUT2D eigenvalue weighted by atomic mass is 9.87. The van der Waals surface area contributed by atoms with Crippen molar-refractivity contribution >= 4 is 34.6 Å². The first-order chi connectivity index (χ1) is 15.0. The monoisotopic (exact) mass is 439 g/mol. The first kappa shape index (κ1) is 21.7. The predicted molar refractivity (Wildman–Crippen MR) is 122 cm³/mol. The molecule has 7 heteroatoms. The van der Waals surface area contributed by atoms with Gasteiger partial charge in [0.2, 0.25) is 5.91 Å². The van der Waals surface area contributed by atoms with Crippen molar-refractivity contribution in [2.75, 3.05) is 18.4 Å². The number of hydrogen-bond donors (Lipinski definition) is 1. The molecule has 1 N–H and O–H groups in total. The molecule has 2 fully saturated rings. The predicted octanol–water partition coefficient (Wildman–Crippen LogP) is 4.88. The van der Waals surface area contributed by atoms with Gasteiger partial charge in [-0.15, -0.1) is 11.3 Å². The number of nitrogens with one attached hydrogen (secondary N) is 1. The molecule has 1 saturated carbocycles. The second-order valence-corrected chi connectivity index (χ2v) is 9.45. The highest BCUT2D eigenvalue weighted by Crippen LogP contribution is 2.33.